The van der Waals surface area contributed by atoms with E-state index in [2.05, 4.69) is 4.98 Å². The number of nitrogens with zero attached hydrogens (tertiary/aromatic N) is 3. The number of nitriles is 1. The van der Waals surface area contributed by atoms with E-state index < -0.39 is 5.82 Å². The van der Waals surface area contributed by atoms with Gasteiger partial charge in [-0.25, -0.2) is 4.39 Å². The minimum Gasteiger partial charge on any atom is -0.370 e. The number of benzene rings is 1. The highest BCUT2D eigenvalue weighted by atomic mass is 19.1. The third kappa shape index (κ3) is 2.64. The number of hydrogen-bond acceptors (Lipinski definition) is 3. The average molecular weight is 241 g/mol. The number of aromatic nitrogens is 1. The Balaban J connectivity index is 2.17. The second-order valence-corrected chi connectivity index (χ2v) is 3.99. The molecule has 0 aliphatic carbocycles. The summed E-state index contributed by atoms with van der Waals surface area (Å²) in [6.45, 7) is 0.661. The molecule has 18 heavy (non-hydrogen) atoms. The van der Waals surface area contributed by atoms with E-state index in [0.29, 0.717) is 6.54 Å². The lowest BCUT2D eigenvalue weighted by molar-refractivity contribution is 0.623. The van der Waals surface area contributed by atoms with Crippen LogP contribution in [0, 0.1) is 17.1 Å². The summed E-state index contributed by atoms with van der Waals surface area (Å²) in [6.07, 6.45) is 3.45. The van der Waals surface area contributed by atoms with Gasteiger partial charge in [0.15, 0.2) is 0 Å². The molecule has 0 aliphatic heterocycles. The van der Waals surface area contributed by atoms with Crippen LogP contribution in [0.1, 0.15) is 11.1 Å². The first-order valence-electron chi connectivity index (χ1n) is 5.50. The van der Waals surface area contributed by atoms with Crippen LogP contribution in [0.5, 0.6) is 0 Å². The van der Waals surface area contributed by atoms with Crippen molar-refractivity contribution in [1.29, 1.82) is 5.26 Å². The van der Waals surface area contributed by atoms with Gasteiger partial charge >= 0.3 is 0 Å². The maximum absolute atomic E-state index is 13.5. The molecule has 1 aromatic heterocycles. The molecule has 2 aromatic rings. The summed E-state index contributed by atoms with van der Waals surface area (Å²) in [5.74, 6) is -0.489. The summed E-state index contributed by atoms with van der Waals surface area (Å²) >= 11 is 0. The molecule has 3 nitrogen and oxygen atoms in total. The van der Waals surface area contributed by atoms with Gasteiger partial charge in [-0.1, -0.05) is 0 Å². The van der Waals surface area contributed by atoms with Crippen molar-refractivity contribution in [2.45, 2.75) is 6.54 Å². The molecular weight excluding hydrogens is 229 g/mol. The van der Waals surface area contributed by atoms with Crippen LogP contribution in [-0.2, 0) is 6.54 Å². The van der Waals surface area contributed by atoms with Crippen LogP contribution in [0.15, 0.2) is 42.7 Å². The van der Waals surface area contributed by atoms with E-state index in [1.807, 2.05) is 30.1 Å². The highest BCUT2D eigenvalue weighted by Gasteiger charge is 2.06. The Kier molecular flexibility index (Phi) is 3.54. The Hall–Kier alpha value is -2.41. The summed E-state index contributed by atoms with van der Waals surface area (Å²) in [6, 6.07) is 10.2. The molecule has 90 valence electrons. The molecule has 1 aromatic carbocycles. The van der Waals surface area contributed by atoms with Crippen molar-refractivity contribution >= 4 is 5.69 Å². The second-order valence-electron chi connectivity index (χ2n) is 3.99. The predicted octanol–water partition coefficient (Wildman–Crippen LogP) is 2.73. The van der Waals surface area contributed by atoms with E-state index in [-0.39, 0.29) is 5.56 Å². The minimum atomic E-state index is -0.489. The Morgan fingerprint density at radius 1 is 1.28 bits per heavy atom. The first-order valence-corrected chi connectivity index (χ1v) is 5.50. The van der Waals surface area contributed by atoms with Crippen LogP contribution >= 0.6 is 0 Å². The SMILES string of the molecule is CN(Cc1ccncc1)c1ccc(C#N)c(F)c1. The van der Waals surface area contributed by atoms with Crippen LogP contribution in [-0.4, -0.2) is 12.0 Å². The maximum atomic E-state index is 13.5. The molecule has 0 unspecified atom stereocenters. The van der Waals surface area contributed by atoms with Crippen LogP contribution in [0.2, 0.25) is 0 Å². The zero-order chi connectivity index (χ0) is 13.0. The smallest absolute Gasteiger partial charge is 0.143 e. The van der Waals surface area contributed by atoms with Crippen LogP contribution in [0.3, 0.4) is 0 Å². The molecule has 0 aliphatic rings. The fourth-order valence-corrected chi connectivity index (χ4v) is 1.69. The molecule has 0 fully saturated rings. The molecule has 0 atom stereocenters. The lowest BCUT2D eigenvalue weighted by atomic mass is 10.2. The predicted molar refractivity (Wildman–Crippen MR) is 67.5 cm³/mol. The van der Waals surface area contributed by atoms with Crippen LogP contribution < -0.4 is 4.90 Å². The van der Waals surface area contributed by atoms with E-state index in [1.165, 1.54) is 12.1 Å². The molecule has 4 heteroatoms. The summed E-state index contributed by atoms with van der Waals surface area (Å²) in [5, 5.41) is 8.67. The number of pyridine rings is 1. The van der Waals surface area contributed by atoms with Gasteiger partial charge in [0, 0.05) is 31.7 Å². The average Bonchev–Trinajstić information content (AvgIpc) is 2.39. The van der Waals surface area contributed by atoms with Gasteiger partial charge in [0.05, 0.1) is 5.56 Å². The van der Waals surface area contributed by atoms with Gasteiger partial charge in [0.1, 0.15) is 11.9 Å². The Labute approximate surface area is 105 Å². The van der Waals surface area contributed by atoms with Crippen molar-refractivity contribution in [3.8, 4) is 6.07 Å². The van der Waals surface area contributed by atoms with Crippen molar-refractivity contribution in [2.75, 3.05) is 11.9 Å². The first kappa shape index (κ1) is 12.1. The van der Waals surface area contributed by atoms with Crippen LogP contribution in [0.25, 0.3) is 0 Å². The van der Waals surface area contributed by atoms with Crippen LogP contribution in [0.4, 0.5) is 10.1 Å². The van der Waals surface area contributed by atoms with Gasteiger partial charge < -0.3 is 4.90 Å². The fourth-order valence-electron chi connectivity index (χ4n) is 1.69. The first-order chi connectivity index (χ1) is 8.70. The van der Waals surface area contributed by atoms with E-state index in [9.17, 15) is 4.39 Å². The van der Waals surface area contributed by atoms with Gasteiger partial charge in [0.25, 0.3) is 0 Å². The van der Waals surface area contributed by atoms with E-state index in [4.69, 9.17) is 5.26 Å². The van der Waals surface area contributed by atoms with Gasteiger partial charge in [-0.3, -0.25) is 4.98 Å². The fraction of sp³-hybridized carbons (Fsp3) is 0.143. The zero-order valence-corrected chi connectivity index (χ0v) is 9.97. The summed E-state index contributed by atoms with van der Waals surface area (Å²) in [5.41, 5.74) is 1.90. The monoisotopic (exact) mass is 241 g/mol. The summed E-state index contributed by atoms with van der Waals surface area (Å²) in [7, 11) is 1.88. The standard InChI is InChI=1S/C14H12FN3/c1-18(10-11-4-6-17-7-5-11)13-3-2-12(9-16)14(15)8-13/h2-8H,10H2,1H3. The molecular formula is C14H12FN3. The van der Waals surface area contributed by atoms with Gasteiger partial charge in [-0.05, 0) is 35.9 Å². The molecule has 0 saturated carbocycles. The molecule has 0 N–H and O–H groups in total. The van der Waals surface area contributed by atoms with Crippen molar-refractivity contribution < 1.29 is 4.39 Å². The molecule has 0 spiro atoms. The number of rotatable bonds is 3. The Morgan fingerprint density at radius 2 is 2.00 bits per heavy atom. The third-order valence-corrected chi connectivity index (χ3v) is 2.68. The second kappa shape index (κ2) is 5.28. The zero-order valence-electron chi connectivity index (χ0n) is 9.97. The quantitative estimate of drug-likeness (QED) is 0.829. The lowest BCUT2D eigenvalue weighted by Crippen LogP contribution is -2.16. The third-order valence-electron chi connectivity index (χ3n) is 2.68. The number of hydrogen-bond donors (Lipinski definition) is 0. The van der Waals surface area contributed by atoms with E-state index in [0.717, 1.165) is 11.3 Å². The number of anilines is 1. The largest absolute Gasteiger partial charge is 0.370 e. The Morgan fingerprint density at radius 3 is 2.61 bits per heavy atom. The summed E-state index contributed by atoms with van der Waals surface area (Å²) < 4.78 is 13.5. The van der Waals surface area contributed by atoms with Crippen molar-refractivity contribution in [3.05, 3.63) is 59.7 Å². The minimum absolute atomic E-state index is 0.0658. The van der Waals surface area contributed by atoms with Crippen molar-refractivity contribution in [3.63, 3.8) is 0 Å². The molecule has 2 rings (SSSR count). The highest BCUT2D eigenvalue weighted by Crippen LogP contribution is 2.18. The summed E-state index contributed by atoms with van der Waals surface area (Å²) in [4.78, 5) is 5.86. The van der Waals surface area contributed by atoms with Crippen molar-refractivity contribution in [2.24, 2.45) is 0 Å². The van der Waals surface area contributed by atoms with E-state index >= 15 is 0 Å². The normalized spacial score (nSPS) is 9.83. The maximum Gasteiger partial charge on any atom is 0.143 e. The van der Waals surface area contributed by atoms with Gasteiger partial charge in [0.2, 0.25) is 0 Å². The van der Waals surface area contributed by atoms with Crippen molar-refractivity contribution in [1.82, 2.24) is 4.98 Å². The molecule has 0 radical (unpaired) electrons. The van der Waals surface area contributed by atoms with Gasteiger partial charge in [-0.2, -0.15) is 5.26 Å². The molecule has 1 heterocycles. The topological polar surface area (TPSA) is 39.9 Å². The molecule has 0 bridgehead atoms. The lowest BCUT2D eigenvalue weighted by Gasteiger charge is -2.19. The van der Waals surface area contributed by atoms with Gasteiger partial charge in [-0.15, -0.1) is 0 Å². The molecule has 0 saturated heterocycles. The highest BCUT2D eigenvalue weighted by molar-refractivity contribution is 5.50. The number of halogens is 1. The Bertz CT molecular complexity index is 575. The van der Waals surface area contributed by atoms with E-state index in [1.54, 1.807) is 18.5 Å². The molecule has 0 amide bonds.